The average molecular weight is 602 g/mol. The molecule has 0 aromatic carbocycles. The van der Waals surface area contributed by atoms with Gasteiger partial charge in [0.2, 0.25) is 0 Å². The molecule has 2 fully saturated rings. The summed E-state index contributed by atoms with van der Waals surface area (Å²) in [6.07, 6.45) is -1.65. The third-order valence-corrected chi connectivity index (χ3v) is 8.64. The van der Waals surface area contributed by atoms with E-state index >= 15 is 0 Å². The topological polar surface area (TPSA) is 216 Å². The summed E-state index contributed by atoms with van der Waals surface area (Å²) in [5.74, 6) is 0. The van der Waals surface area contributed by atoms with Gasteiger partial charge in [-0.25, -0.2) is 19.2 Å². The van der Waals surface area contributed by atoms with Gasteiger partial charge < -0.3 is 19.7 Å². The van der Waals surface area contributed by atoms with Crippen LogP contribution in [-0.2, 0) is 23.1 Å². The van der Waals surface area contributed by atoms with E-state index < -0.39 is 73.7 Å². The largest absolute Gasteiger partial charge is 0.405 e. The molecule has 2 aromatic rings. The zero-order chi connectivity index (χ0) is 29.9. The van der Waals surface area contributed by atoms with E-state index in [0.29, 0.717) is 6.42 Å². The number of H-pyrrole nitrogens is 2. The average Bonchev–Trinajstić information content (AvgIpc) is 3.49. The number of hydrogen-bond acceptors (Lipinski definition) is 11. The smallest absolute Gasteiger partial charge is 0.394 e. The highest BCUT2D eigenvalue weighted by atomic mass is 31.2. The second-order valence-electron chi connectivity index (χ2n) is 10.1. The van der Waals surface area contributed by atoms with Gasteiger partial charge in [-0.2, -0.15) is 0 Å². The van der Waals surface area contributed by atoms with Gasteiger partial charge in [0.1, 0.15) is 30.8 Å². The lowest BCUT2D eigenvalue weighted by molar-refractivity contribution is -0.0533. The maximum Gasteiger partial charge on any atom is 0.405 e. The highest BCUT2D eigenvalue weighted by molar-refractivity contribution is 7.51. The Balaban J connectivity index is 1.47. The molecule has 0 saturated carbocycles. The number of aliphatic hydroxyl groups is 2. The Morgan fingerprint density at radius 3 is 2.12 bits per heavy atom. The lowest BCUT2D eigenvalue weighted by Gasteiger charge is -2.26. The number of aromatic nitrogens is 4. The first kappa shape index (κ1) is 31.3. The number of ether oxygens (including phenoxy) is 2. The Kier molecular flexibility index (Phi) is 9.97. The molecule has 2 aliphatic heterocycles. The minimum Gasteiger partial charge on any atom is -0.394 e. The maximum absolute atomic E-state index is 13.8. The first-order valence-electron chi connectivity index (χ1n) is 13.4. The molecule has 41 heavy (non-hydrogen) atoms. The molecule has 17 heteroatoms. The molecule has 0 amide bonds. The summed E-state index contributed by atoms with van der Waals surface area (Å²) in [6.45, 7) is 4.40. The fourth-order valence-corrected chi connectivity index (χ4v) is 6.22. The molecule has 2 aliphatic rings. The number of rotatable bonds is 12. The van der Waals surface area contributed by atoms with Crippen molar-refractivity contribution in [2.75, 3.05) is 19.8 Å². The van der Waals surface area contributed by atoms with Crippen LogP contribution in [0.25, 0.3) is 0 Å². The maximum atomic E-state index is 13.8. The van der Waals surface area contributed by atoms with Crippen molar-refractivity contribution in [3.63, 3.8) is 0 Å². The van der Waals surface area contributed by atoms with E-state index in [1.165, 1.54) is 30.8 Å². The van der Waals surface area contributed by atoms with E-state index in [1.807, 2.05) is 6.92 Å². The molecule has 4 rings (SSSR count). The fourth-order valence-electron chi connectivity index (χ4n) is 4.64. The number of unbranched alkanes of at least 4 members (excludes halogenated alkanes) is 1. The van der Waals surface area contributed by atoms with Crippen LogP contribution in [0.2, 0.25) is 0 Å². The number of aliphatic hydroxyl groups excluding tert-OH is 2. The standard InChI is InChI=1S/C24H36N5O11P/c1-4-5-6-25-41(36,37-12-18-15(31)7-19(39-18)28-9-13(2)21(32)26-23(28)34)40-16-8-20(38-17(16)11-30)29-10-14(3)22(33)27-24(29)35/h9-10,15-20,30-31H,4-8,11-12H2,1-3H3,(H,25,36)(H,26,32,34)(H,27,33,35)/t15-,16-,17+,18+,19+,20+,41?/m0/s1. The molecule has 228 valence electrons. The molecule has 1 unspecified atom stereocenters. The normalized spacial score (nSPS) is 27.7. The lowest BCUT2D eigenvalue weighted by Crippen LogP contribution is -2.34. The van der Waals surface area contributed by atoms with E-state index in [2.05, 4.69) is 15.1 Å². The highest BCUT2D eigenvalue weighted by Gasteiger charge is 2.43. The van der Waals surface area contributed by atoms with Crippen molar-refractivity contribution in [2.24, 2.45) is 0 Å². The van der Waals surface area contributed by atoms with Crippen LogP contribution < -0.4 is 27.6 Å². The molecule has 5 N–H and O–H groups in total. The van der Waals surface area contributed by atoms with Crippen LogP contribution in [0.3, 0.4) is 0 Å². The zero-order valence-corrected chi connectivity index (χ0v) is 23.9. The van der Waals surface area contributed by atoms with Crippen molar-refractivity contribution >= 4 is 7.75 Å². The van der Waals surface area contributed by atoms with E-state index in [1.54, 1.807) is 0 Å². The first-order valence-corrected chi connectivity index (χ1v) is 14.9. The molecule has 16 nitrogen and oxygen atoms in total. The summed E-state index contributed by atoms with van der Waals surface area (Å²) >= 11 is 0. The van der Waals surface area contributed by atoms with Crippen molar-refractivity contribution in [2.45, 2.75) is 83.3 Å². The van der Waals surface area contributed by atoms with Gasteiger partial charge in [0, 0.05) is 42.9 Å². The molecule has 2 saturated heterocycles. The van der Waals surface area contributed by atoms with Crippen LogP contribution in [0, 0.1) is 13.8 Å². The molecule has 2 aromatic heterocycles. The zero-order valence-electron chi connectivity index (χ0n) is 23.0. The van der Waals surface area contributed by atoms with Crippen LogP contribution in [0.5, 0.6) is 0 Å². The minimum absolute atomic E-state index is 0.0124. The van der Waals surface area contributed by atoms with E-state index in [-0.39, 0.29) is 37.1 Å². The molecule has 0 spiro atoms. The van der Waals surface area contributed by atoms with E-state index in [0.717, 1.165) is 11.0 Å². The number of nitrogens with zero attached hydrogens (tertiary/aromatic N) is 2. The molecular weight excluding hydrogens is 565 g/mol. The van der Waals surface area contributed by atoms with Gasteiger partial charge in [0.15, 0.2) is 0 Å². The predicted octanol–water partition coefficient (Wildman–Crippen LogP) is -0.469. The van der Waals surface area contributed by atoms with Gasteiger partial charge >= 0.3 is 19.1 Å². The van der Waals surface area contributed by atoms with Crippen LogP contribution in [0.4, 0.5) is 0 Å². The molecule has 7 atom stereocenters. The number of nitrogens with one attached hydrogen (secondary N) is 3. The summed E-state index contributed by atoms with van der Waals surface area (Å²) in [5.41, 5.74) is -1.90. The summed E-state index contributed by atoms with van der Waals surface area (Å²) < 4.78 is 39.3. The Morgan fingerprint density at radius 2 is 1.56 bits per heavy atom. The summed E-state index contributed by atoms with van der Waals surface area (Å²) in [7, 11) is -4.08. The van der Waals surface area contributed by atoms with Crippen molar-refractivity contribution < 1.29 is 33.3 Å². The SMILES string of the molecule is CCCCNP(=O)(OC[C@H]1O[C@@H](n2cc(C)c(=O)[nH]c2=O)C[C@@H]1O)O[C@H]1C[C@H](n2cc(C)c(=O)[nH]c2=O)O[C@@H]1CO. The van der Waals surface area contributed by atoms with Crippen molar-refractivity contribution in [3.05, 3.63) is 65.2 Å². The number of hydrogen-bond donors (Lipinski definition) is 5. The third-order valence-electron chi connectivity index (χ3n) is 7.00. The van der Waals surface area contributed by atoms with Gasteiger partial charge in [-0.15, -0.1) is 0 Å². The van der Waals surface area contributed by atoms with E-state index in [4.69, 9.17) is 18.5 Å². The van der Waals surface area contributed by atoms with Crippen LogP contribution in [0.15, 0.2) is 31.6 Å². The third kappa shape index (κ3) is 7.21. The van der Waals surface area contributed by atoms with Gasteiger partial charge in [0.25, 0.3) is 11.1 Å². The van der Waals surface area contributed by atoms with Gasteiger partial charge in [-0.05, 0) is 20.3 Å². The molecule has 0 aliphatic carbocycles. The van der Waals surface area contributed by atoms with Crippen LogP contribution in [-0.4, -0.2) is 73.5 Å². The van der Waals surface area contributed by atoms with Crippen molar-refractivity contribution in [1.82, 2.24) is 24.2 Å². The summed E-state index contributed by atoms with van der Waals surface area (Å²) in [6, 6.07) is 0. The fraction of sp³-hybridized carbons (Fsp3) is 0.667. The minimum atomic E-state index is -4.08. The van der Waals surface area contributed by atoms with Crippen LogP contribution in [0.1, 0.15) is 56.2 Å². The van der Waals surface area contributed by atoms with E-state index in [9.17, 15) is 34.0 Å². The molecule has 4 heterocycles. The predicted molar refractivity (Wildman–Crippen MR) is 144 cm³/mol. The Bertz CT molecular complexity index is 1500. The van der Waals surface area contributed by atoms with Crippen molar-refractivity contribution in [1.29, 1.82) is 0 Å². The highest BCUT2D eigenvalue weighted by Crippen LogP contribution is 2.49. The quantitative estimate of drug-likeness (QED) is 0.154. The molecule has 0 bridgehead atoms. The summed E-state index contributed by atoms with van der Waals surface area (Å²) in [4.78, 5) is 52.5. The second kappa shape index (κ2) is 13.1. The summed E-state index contributed by atoms with van der Waals surface area (Å²) in [5, 5.41) is 23.3. The van der Waals surface area contributed by atoms with Crippen molar-refractivity contribution in [3.8, 4) is 0 Å². The van der Waals surface area contributed by atoms with Gasteiger partial charge in [-0.1, -0.05) is 13.3 Å². The first-order chi connectivity index (χ1) is 19.4. The number of aryl methyl sites for hydroxylation is 2. The molecular formula is C24H36N5O11P. The number of aromatic amines is 2. The monoisotopic (exact) mass is 601 g/mol. The van der Waals surface area contributed by atoms with Gasteiger partial charge in [-0.3, -0.25) is 37.7 Å². The Labute approximate surface area is 233 Å². The molecule has 0 radical (unpaired) electrons. The Hall–Kier alpha value is -2.69. The second-order valence-corrected chi connectivity index (χ2v) is 11.9. The Morgan fingerprint density at radius 1 is 1.00 bits per heavy atom. The van der Waals surface area contributed by atoms with Crippen LogP contribution >= 0.6 is 7.75 Å². The van der Waals surface area contributed by atoms with Gasteiger partial charge in [0.05, 0.1) is 19.3 Å². The lowest BCUT2D eigenvalue weighted by atomic mass is 10.2.